The lowest BCUT2D eigenvalue weighted by atomic mass is 9.82. The molecular formula is C24H28ClN5O3S. The van der Waals surface area contributed by atoms with Gasteiger partial charge in [-0.2, -0.15) is 0 Å². The number of thiazole rings is 1. The van der Waals surface area contributed by atoms with E-state index >= 15 is 0 Å². The average Bonchev–Trinajstić information content (AvgIpc) is 3.43. The minimum Gasteiger partial charge on any atom is -0.396 e. The molecule has 2 aromatic heterocycles. The molecule has 0 bridgehead atoms. The third-order valence-electron chi connectivity index (χ3n) is 6.79. The molecule has 1 fully saturated rings. The van der Waals surface area contributed by atoms with Crippen LogP contribution in [-0.2, 0) is 13.0 Å². The van der Waals surface area contributed by atoms with E-state index in [2.05, 4.69) is 32.5 Å². The summed E-state index contributed by atoms with van der Waals surface area (Å²) in [5.74, 6) is -0.358. The highest BCUT2D eigenvalue weighted by molar-refractivity contribution is 7.13. The molecule has 3 atom stereocenters. The van der Waals surface area contributed by atoms with E-state index in [1.54, 1.807) is 12.1 Å². The largest absolute Gasteiger partial charge is 0.396 e. The number of amides is 2. The molecule has 0 radical (unpaired) electrons. The normalized spacial score (nSPS) is 23.0. The van der Waals surface area contributed by atoms with E-state index in [0.29, 0.717) is 28.6 Å². The fourth-order valence-electron chi connectivity index (χ4n) is 4.88. The summed E-state index contributed by atoms with van der Waals surface area (Å²) in [7, 11) is 2.06. The van der Waals surface area contributed by atoms with Crippen molar-refractivity contribution in [3.05, 3.63) is 50.6 Å². The molecule has 8 nitrogen and oxygen atoms in total. The Morgan fingerprint density at radius 3 is 2.88 bits per heavy atom. The highest BCUT2D eigenvalue weighted by Crippen LogP contribution is 2.28. The van der Waals surface area contributed by atoms with E-state index in [0.717, 1.165) is 47.4 Å². The summed E-state index contributed by atoms with van der Waals surface area (Å²) < 4.78 is 0. The second-order valence-corrected chi connectivity index (χ2v) is 10.8. The second kappa shape index (κ2) is 9.65. The Balaban J connectivity index is 1.30. The lowest BCUT2D eigenvalue weighted by Crippen LogP contribution is -2.55. The fraction of sp³-hybridized carbons (Fsp3) is 0.458. The van der Waals surface area contributed by atoms with Crippen LogP contribution in [0.4, 0.5) is 0 Å². The highest BCUT2D eigenvalue weighted by Gasteiger charge is 2.34. The number of likely N-dealkylation sites (N-methyl/N-ethyl adjacent to an activating group) is 1. The lowest BCUT2D eigenvalue weighted by Gasteiger charge is -2.36. The number of hydrogen-bond acceptors (Lipinski definition) is 6. The summed E-state index contributed by atoms with van der Waals surface area (Å²) in [6.45, 7) is 1.81. The van der Waals surface area contributed by atoms with Gasteiger partial charge >= 0.3 is 0 Å². The van der Waals surface area contributed by atoms with Gasteiger partial charge in [-0.15, -0.1) is 11.3 Å². The zero-order valence-electron chi connectivity index (χ0n) is 18.9. The molecule has 1 aliphatic carbocycles. The van der Waals surface area contributed by atoms with Crippen LogP contribution in [-0.4, -0.2) is 64.1 Å². The predicted octanol–water partition coefficient (Wildman–Crippen LogP) is 2.96. The maximum absolute atomic E-state index is 13.1. The first-order chi connectivity index (χ1) is 16.4. The number of carbonyl (C=O) groups is 2. The van der Waals surface area contributed by atoms with Gasteiger partial charge in [0.15, 0.2) is 5.01 Å². The summed E-state index contributed by atoms with van der Waals surface area (Å²) >= 11 is 7.51. The van der Waals surface area contributed by atoms with Crippen LogP contribution < -0.4 is 10.6 Å². The van der Waals surface area contributed by atoms with E-state index in [1.807, 2.05) is 12.1 Å². The Bertz CT molecular complexity index is 1220. The summed E-state index contributed by atoms with van der Waals surface area (Å²) in [4.78, 5) is 37.2. The van der Waals surface area contributed by atoms with E-state index in [1.165, 1.54) is 11.3 Å². The number of hydrogen-bond donors (Lipinski definition) is 4. The van der Waals surface area contributed by atoms with Gasteiger partial charge in [-0.25, -0.2) is 4.98 Å². The minimum absolute atomic E-state index is 0.0632. The van der Waals surface area contributed by atoms with Gasteiger partial charge in [-0.1, -0.05) is 11.6 Å². The monoisotopic (exact) mass is 501 g/mol. The Hall–Kier alpha value is -2.46. The Morgan fingerprint density at radius 1 is 1.24 bits per heavy atom. The number of nitrogens with one attached hydrogen (secondary N) is 3. The van der Waals surface area contributed by atoms with Crippen molar-refractivity contribution < 1.29 is 14.7 Å². The van der Waals surface area contributed by atoms with Crippen molar-refractivity contribution in [1.82, 2.24) is 25.5 Å². The zero-order valence-corrected chi connectivity index (χ0v) is 20.5. The molecule has 5 rings (SSSR count). The van der Waals surface area contributed by atoms with E-state index in [4.69, 9.17) is 11.6 Å². The molecule has 3 heterocycles. The number of rotatable bonds is 5. The zero-order chi connectivity index (χ0) is 23.8. The minimum atomic E-state index is -0.287. The van der Waals surface area contributed by atoms with E-state index in [-0.39, 0.29) is 36.4 Å². The number of aromatic nitrogens is 2. The van der Waals surface area contributed by atoms with Gasteiger partial charge in [-0.05, 0) is 56.5 Å². The van der Waals surface area contributed by atoms with Crippen molar-refractivity contribution in [2.45, 2.75) is 44.3 Å². The first-order valence-electron chi connectivity index (χ1n) is 11.6. The van der Waals surface area contributed by atoms with Crippen LogP contribution in [0.5, 0.6) is 0 Å². The van der Waals surface area contributed by atoms with E-state index < -0.39 is 0 Å². The number of aromatic amines is 1. The van der Waals surface area contributed by atoms with Crippen LogP contribution in [0, 0.1) is 5.92 Å². The first-order valence-corrected chi connectivity index (χ1v) is 12.8. The smallest absolute Gasteiger partial charge is 0.280 e. The Morgan fingerprint density at radius 2 is 2.06 bits per heavy atom. The molecule has 0 saturated heterocycles. The molecule has 1 unspecified atom stereocenters. The van der Waals surface area contributed by atoms with E-state index in [9.17, 15) is 14.7 Å². The standard InChI is InChI=1S/C24H28ClN5O3S/c1-30-7-6-18-21(11-30)34-24(29-18)23(33)28-19-8-13(12-31)2-4-17(19)27-22(32)20-10-14-9-15(25)3-5-16(14)26-20/h3,5,9-10,13,17,19,26,31H,2,4,6-8,11-12H2,1H3,(H,27,32)(H,28,33)/t13?,17-,19-/m1/s1. The van der Waals surface area contributed by atoms with Gasteiger partial charge in [-0.3, -0.25) is 9.59 Å². The third-order valence-corrected chi connectivity index (χ3v) is 8.11. The van der Waals surface area contributed by atoms with Crippen molar-refractivity contribution in [2.75, 3.05) is 20.2 Å². The quantitative estimate of drug-likeness (QED) is 0.429. The average molecular weight is 502 g/mol. The van der Waals surface area contributed by atoms with Gasteiger partial charge in [0, 0.05) is 59.0 Å². The number of fused-ring (bicyclic) bond motifs is 2. The topological polar surface area (TPSA) is 110 Å². The van der Waals surface area contributed by atoms with Gasteiger partial charge in [0.05, 0.1) is 5.69 Å². The van der Waals surface area contributed by atoms with Crippen LogP contribution in [0.3, 0.4) is 0 Å². The number of H-pyrrole nitrogens is 1. The number of aliphatic hydroxyl groups excluding tert-OH is 1. The molecule has 34 heavy (non-hydrogen) atoms. The molecule has 3 aromatic rings. The van der Waals surface area contributed by atoms with Gasteiger partial charge in [0.2, 0.25) is 0 Å². The molecule has 4 N–H and O–H groups in total. The van der Waals surface area contributed by atoms with Crippen LogP contribution in [0.25, 0.3) is 10.9 Å². The van der Waals surface area contributed by atoms with Crippen LogP contribution in [0.2, 0.25) is 5.02 Å². The fourth-order valence-corrected chi connectivity index (χ4v) is 6.15. The first kappa shape index (κ1) is 23.3. The van der Waals surface area contributed by atoms with Crippen molar-refractivity contribution in [3.63, 3.8) is 0 Å². The predicted molar refractivity (Wildman–Crippen MR) is 132 cm³/mol. The number of benzene rings is 1. The molecule has 2 amide bonds. The molecule has 2 aliphatic rings. The highest BCUT2D eigenvalue weighted by atomic mass is 35.5. The van der Waals surface area contributed by atoms with Crippen molar-refractivity contribution >= 4 is 45.7 Å². The van der Waals surface area contributed by atoms with Gasteiger partial charge in [0.25, 0.3) is 11.8 Å². The summed E-state index contributed by atoms with van der Waals surface area (Å²) in [5, 5.41) is 17.8. The Labute approximate surface area is 206 Å². The lowest BCUT2D eigenvalue weighted by molar-refractivity contribution is 0.0815. The molecule has 0 spiro atoms. The Kier molecular flexibility index (Phi) is 6.61. The number of nitrogens with zero attached hydrogens (tertiary/aromatic N) is 2. The van der Waals surface area contributed by atoms with Crippen molar-refractivity contribution in [3.8, 4) is 0 Å². The molecule has 180 valence electrons. The van der Waals surface area contributed by atoms with Crippen molar-refractivity contribution in [1.29, 1.82) is 0 Å². The number of halogens is 1. The molecule has 10 heteroatoms. The van der Waals surface area contributed by atoms with Gasteiger partial charge < -0.3 is 25.6 Å². The maximum Gasteiger partial charge on any atom is 0.280 e. The SMILES string of the molecule is CN1CCc2nc(C(=O)N[C@@H]3CC(CO)CC[C@H]3NC(=O)c3cc4cc(Cl)ccc4[nH]3)sc2C1. The number of carbonyl (C=O) groups excluding carboxylic acids is 2. The van der Waals surface area contributed by atoms with Crippen molar-refractivity contribution in [2.24, 2.45) is 5.92 Å². The number of aliphatic hydroxyl groups is 1. The summed E-state index contributed by atoms with van der Waals surface area (Å²) in [6.07, 6.45) is 2.91. The van der Waals surface area contributed by atoms with Crippen LogP contribution in [0.1, 0.15) is 50.1 Å². The molecule has 1 saturated carbocycles. The molecule has 1 aliphatic heterocycles. The van der Waals surface area contributed by atoms with Crippen LogP contribution >= 0.6 is 22.9 Å². The second-order valence-electron chi connectivity index (χ2n) is 9.31. The molecular weight excluding hydrogens is 474 g/mol. The molecule has 1 aromatic carbocycles. The summed E-state index contributed by atoms with van der Waals surface area (Å²) in [6, 6.07) is 6.68. The van der Waals surface area contributed by atoms with Gasteiger partial charge in [0.1, 0.15) is 5.69 Å². The third kappa shape index (κ3) is 4.84. The maximum atomic E-state index is 13.1. The van der Waals surface area contributed by atoms with Crippen LogP contribution in [0.15, 0.2) is 24.3 Å². The summed E-state index contributed by atoms with van der Waals surface area (Å²) in [5.41, 5.74) is 2.29.